The van der Waals surface area contributed by atoms with E-state index >= 15 is 0 Å². The van der Waals surface area contributed by atoms with Gasteiger partial charge in [-0.3, -0.25) is 14.9 Å². The number of anilines is 1. The Hall–Kier alpha value is -3.17. The lowest BCUT2D eigenvalue weighted by molar-refractivity contribution is -0.387. The lowest BCUT2D eigenvalue weighted by Crippen LogP contribution is -2.03. The number of nitro groups is 1. The highest BCUT2D eigenvalue weighted by Gasteiger charge is 2.25. The number of fused-ring (bicyclic) bond motifs is 1. The van der Waals surface area contributed by atoms with Gasteiger partial charge in [-0.2, -0.15) is 0 Å². The number of aromatic nitrogens is 3. The molecule has 4 rings (SSSR count). The molecule has 0 bridgehead atoms. The van der Waals surface area contributed by atoms with Crippen molar-refractivity contribution in [3.8, 4) is 0 Å². The van der Waals surface area contributed by atoms with Gasteiger partial charge in [-0.1, -0.05) is 17.7 Å². The van der Waals surface area contributed by atoms with E-state index in [4.69, 9.17) is 11.6 Å². The second-order valence-corrected chi connectivity index (χ2v) is 7.46. The standard InChI is InChI=1S/C18H12ClN5O3S/c1-23-9-20-22-18(23)28-16-5-2-10(7-15(16)24(26)27)6-13-12-8-11(19)3-4-14(12)21-17(13)25/h2-9H,1H3,(H,21,25)/b13-6-. The fraction of sp³-hybridized carbons (Fsp3) is 0.0556. The summed E-state index contributed by atoms with van der Waals surface area (Å²) in [6.07, 6.45) is 3.13. The number of rotatable bonds is 4. The number of nitro benzene ring substituents is 1. The molecule has 1 aliphatic rings. The van der Waals surface area contributed by atoms with Gasteiger partial charge in [0.05, 0.1) is 9.82 Å². The summed E-state index contributed by atoms with van der Waals surface area (Å²) < 4.78 is 1.67. The predicted octanol–water partition coefficient (Wildman–Crippen LogP) is 4.02. The van der Waals surface area contributed by atoms with Crippen molar-refractivity contribution in [1.82, 2.24) is 14.8 Å². The second kappa shape index (κ2) is 7.10. The van der Waals surface area contributed by atoms with E-state index in [1.54, 1.807) is 48.0 Å². The van der Waals surface area contributed by atoms with Gasteiger partial charge in [-0.15, -0.1) is 10.2 Å². The van der Waals surface area contributed by atoms with Crippen LogP contribution in [-0.2, 0) is 11.8 Å². The number of amides is 1. The maximum absolute atomic E-state index is 12.3. The third kappa shape index (κ3) is 3.37. The molecule has 0 atom stereocenters. The van der Waals surface area contributed by atoms with E-state index in [0.29, 0.717) is 37.5 Å². The highest BCUT2D eigenvalue weighted by Crippen LogP contribution is 2.37. The highest BCUT2D eigenvalue weighted by atomic mass is 35.5. The van der Waals surface area contributed by atoms with E-state index in [2.05, 4.69) is 15.5 Å². The fourth-order valence-corrected chi connectivity index (χ4v) is 3.81. The zero-order valence-electron chi connectivity index (χ0n) is 14.4. The first-order valence-electron chi connectivity index (χ1n) is 8.05. The van der Waals surface area contributed by atoms with Gasteiger partial charge in [0.25, 0.3) is 11.6 Å². The van der Waals surface area contributed by atoms with E-state index < -0.39 is 4.92 Å². The van der Waals surface area contributed by atoms with Gasteiger partial charge in [-0.05, 0) is 47.7 Å². The molecule has 8 nitrogen and oxygen atoms in total. The molecule has 1 aromatic heterocycles. The van der Waals surface area contributed by atoms with Crippen LogP contribution >= 0.6 is 23.4 Å². The molecule has 0 radical (unpaired) electrons. The van der Waals surface area contributed by atoms with Crippen molar-refractivity contribution in [3.05, 3.63) is 69.0 Å². The molecule has 10 heteroatoms. The number of hydrogen-bond acceptors (Lipinski definition) is 6. The molecule has 0 spiro atoms. The van der Waals surface area contributed by atoms with Crippen LogP contribution in [0.5, 0.6) is 0 Å². The molecular weight excluding hydrogens is 402 g/mol. The molecule has 3 aromatic rings. The quantitative estimate of drug-likeness (QED) is 0.393. The van der Waals surface area contributed by atoms with Crippen LogP contribution in [-0.4, -0.2) is 25.6 Å². The molecule has 0 aliphatic carbocycles. The van der Waals surface area contributed by atoms with Gasteiger partial charge in [0.1, 0.15) is 6.33 Å². The van der Waals surface area contributed by atoms with Gasteiger partial charge in [0, 0.05) is 35.0 Å². The van der Waals surface area contributed by atoms with Crippen molar-refractivity contribution < 1.29 is 9.72 Å². The normalized spacial score (nSPS) is 14.2. The lowest BCUT2D eigenvalue weighted by Gasteiger charge is -2.04. The van der Waals surface area contributed by atoms with Crippen molar-refractivity contribution in [2.45, 2.75) is 10.1 Å². The van der Waals surface area contributed by atoms with E-state index in [9.17, 15) is 14.9 Å². The SMILES string of the molecule is Cn1cnnc1Sc1ccc(/C=C2\C(=O)Nc3ccc(Cl)cc32)cc1[N+](=O)[O-]. The Morgan fingerprint density at radius 3 is 2.82 bits per heavy atom. The smallest absolute Gasteiger partial charge is 0.283 e. The number of halogens is 1. The summed E-state index contributed by atoms with van der Waals surface area (Å²) in [5.74, 6) is -0.280. The van der Waals surface area contributed by atoms with Gasteiger partial charge >= 0.3 is 0 Å². The number of hydrogen-bond donors (Lipinski definition) is 1. The minimum absolute atomic E-state index is 0.0768. The molecule has 1 aliphatic heterocycles. The molecule has 0 saturated heterocycles. The third-order valence-electron chi connectivity index (χ3n) is 4.13. The Balaban J connectivity index is 1.74. The molecule has 2 aromatic carbocycles. The van der Waals surface area contributed by atoms with Crippen LogP contribution in [0.25, 0.3) is 11.6 Å². The summed E-state index contributed by atoms with van der Waals surface area (Å²) in [7, 11) is 1.76. The van der Waals surface area contributed by atoms with Gasteiger partial charge < -0.3 is 9.88 Å². The molecule has 0 unspecified atom stereocenters. The van der Waals surface area contributed by atoms with Crippen LogP contribution < -0.4 is 5.32 Å². The third-order valence-corrected chi connectivity index (χ3v) is 5.48. The number of carbonyl (C=O) groups excluding carboxylic acids is 1. The first-order valence-corrected chi connectivity index (χ1v) is 9.25. The minimum Gasteiger partial charge on any atom is -0.321 e. The monoisotopic (exact) mass is 413 g/mol. The number of carbonyl (C=O) groups is 1. The maximum Gasteiger partial charge on any atom is 0.283 e. The van der Waals surface area contributed by atoms with Crippen molar-refractivity contribution in [3.63, 3.8) is 0 Å². The Labute approximate surface area is 168 Å². The molecule has 1 amide bonds. The first kappa shape index (κ1) is 18.2. The molecule has 0 fully saturated rings. The van der Waals surface area contributed by atoms with Gasteiger partial charge in [0.2, 0.25) is 0 Å². The predicted molar refractivity (Wildman–Crippen MR) is 106 cm³/mol. The van der Waals surface area contributed by atoms with E-state index in [-0.39, 0.29) is 11.6 Å². The minimum atomic E-state index is -0.458. The van der Waals surface area contributed by atoms with Crippen LogP contribution in [0.15, 0.2) is 52.8 Å². The topological polar surface area (TPSA) is 103 Å². The van der Waals surface area contributed by atoms with Crippen LogP contribution in [0.2, 0.25) is 5.02 Å². The Kier molecular flexibility index (Phi) is 4.62. The van der Waals surface area contributed by atoms with E-state index in [0.717, 1.165) is 11.8 Å². The Bertz CT molecular complexity index is 1160. The average molecular weight is 414 g/mol. The maximum atomic E-state index is 12.3. The van der Waals surface area contributed by atoms with Crippen molar-refractivity contribution in [1.29, 1.82) is 0 Å². The summed E-state index contributed by atoms with van der Waals surface area (Å²) in [6.45, 7) is 0. The van der Waals surface area contributed by atoms with E-state index in [1.807, 2.05) is 0 Å². The summed E-state index contributed by atoms with van der Waals surface area (Å²) in [5, 5.41) is 23.1. The van der Waals surface area contributed by atoms with Crippen LogP contribution in [0.3, 0.4) is 0 Å². The Morgan fingerprint density at radius 1 is 1.29 bits per heavy atom. The van der Waals surface area contributed by atoms with Crippen molar-refractivity contribution in [2.75, 3.05) is 5.32 Å². The van der Waals surface area contributed by atoms with Crippen LogP contribution in [0.1, 0.15) is 11.1 Å². The van der Waals surface area contributed by atoms with Gasteiger partial charge in [0.15, 0.2) is 5.16 Å². The summed E-state index contributed by atoms with van der Waals surface area (Å²) >= 11 is 7.18. The van der Waals surface area contributed by atoms with Crippen molar-refractivity contribution in [2.24, 2.45) is 7.05 Å². The highest BCUT2D eigenvalue weighted by molar-refractivity contribution is 7.99. The zero-order valence-corrected chi connectivity index (χ0v) is 16.0. The number of aryl methyl sites for hydroxylation is 1. The number of nitrogens with zero attached hydrogens (tertiary/aromatic N) is 4. The Morgan fingerprint density at radius 2 is 2.11 bits per heavy atom. The van der Waals surface area contributed by atoms with Gasteiger partial charge in [-0.25, -0.2) is 0 Å². The van der Waals surface area contributed by atoms with E-state index in [1.165, 1.54) is 12.4 Å². The molecule has 1 N–H and O–H groups in total. The lowest BCUT2D eigenvalue weighted by atomic mass is 10.0. The zero-order chi connectivity index (χ0) is 19.8. The van der Waals surface area contributed by atoms with Crippen LogP contribution in [0, 0.1) is 10.1 Å². The fourth-order valence-electron chi connectivity index (χ4n) is 2.79. The summed E-state index contributed by atoms with van der Waals surface area (Å²) in [4.78, 5) is 23.8. The second-order valence-electron chi connectivity index (χ2n) is 6.01. The first-order chi connectivity index (χ1) is 13.4. The molecule has 2 heterocycles. The molecule has 28 heavy (non-hydrogen) atoms. The molecule has 140 valence electrons. The summed E-state index contributed by atoms with van der Waals surface area (Å²) in [5.41, 5.74) is 2.18. The van der Waals surface area contributed by atoms with Crippen molar-refractivity contribution >= 4 is 52.3 Å². The molecular formula is C18H12ClN5O3S. The number of benzene rings is 2. The average Bonchev–Trinajstić information content (AvgIpc) is 3.19. The summed E-state index contributed by atoms with van der Waals surface area (Å²) in [6, 6.07) is 9.88. The van der Waals surface area contributed by atoms with Crippen LogP contribution in [0.4, 0.5) is 11.4 Å². The largest absolute Gasteiger partial charge is 0.321 e. The number of nitrogens with one attached hydrogen (secondary N) is 1. The molecule has 0 saturated carbocycles.